The summed E-state index contributed by atoms with van der Waals surface area (Å²) in [5.74, 6) is -1.64. The van der Waals surface area contributed by atoms with E-state index in [0.717, 1.165) is 12.1 Å². The molecule has 3 aromatic rings. The molecule has 13 N–H and O–H groups in total. The van der Waals surface area contributed by atoms with E-state index in [1.165, 1.54) is 24.3 Å². The number of hydrogen-bond donors (Lipinski definition) is 13. The minimum atomic E-state index is -2.06. The summed E-state index contributed by atoms with van der Waals surface area (Å²) in [7, 11) is 0. The highest BCUT2D eigenvalue weighted by atomic mass is 16.7. The Hall–Kier alpha value is -3.55. The second-order valence-electron chi connectivity index (χ2n) is 12.9. The fourth-order valence-corrected chi connectivity index (χ4v) is 6.55. The number of fused-ring (bicyclic) bond motifs is 1. The van der Waals surface area contributed by atoms with Gasteiger partial charge in [-0.3, -0.25) is 4.79 Å². The third-order valence-corrected chi connectivity index (χ3v) is 9.52. The number of phenols is 2. The van der Waals surface area contributed by atoms with Crippen LogP contribution in [0.3, 0.4) is 0 Å². The average Bonchev–Trinajstić information content (AvgIpc) is 3.14. The number of rotatable bonds is 9. The molecule has 20 nitrogen and oxygen atoms in total. The lowest BCUT2D eigenvalue weighted by atomic mass is 9.89. The van der Waals surface area contributed by atoms with Gasteiger partial charge in [-0.2, -0.15) is 0 Å². The first kappa shape index (κ1) is 39.2. The van der Waals surface area contributed by atoms with Crippen LogP contribution < -0.4 is 10.2 Å². The summed E-state index contributed by atoms with van der Waals surface area (Å²) in [6.07, 6.45) is -27.8. The molecule has 1 aromatic heterocycles. The molecular formula is C33H40O20. The fourth-order valence-electron chi connectivity index (χ4n) is 6.55. The summed E-state index contributed by atoms with van der Waals surface area (Å²) in [6, 6.07) is 7.20. The average molecular weight is 757 g/mol. The van der Waals surface area contributed by atoms with Gasteiger partial charge in [-0.1, -0.05) is 0 Å². The van der Waals surface area contributed by atoms with Crippen molar-refractivity contribution in [3.63, 3.8) is 0 Å². The van der Waals surface area contributed by atoms with Crippen molar-refractivity contribution in [2.24, 2.45) is 0 Å². The van der Waals surface area contributed by atoms with Crippen LogP contribution in [-0.2, 0) is 18.9 Å². The van der Waals surface area contributed by atoms with Gasteiger partial charge in [0, 0.05) is 17.7 Å². The predicted octanol–water partition coefficient (Wildman–Crippen LogP) is -4.61. The summed E-state index contributed by atoms with van der Waals surface area (Å²) in [6.45, 7) is -2.64. The molecule has 3 aliphatic rings. The Morgan fingerprint density at radius 3 is 1.74 bits per heavy atom. The first-order valence-corrected chi connectivity index (χ1v) is 16.4. The van der Waals surface area contributed by atoms with Crippen molar-refractivity contribution in [2.45, 2.75) is 91.9 Å². The Bertz CT molecular complexity index is 1780. The van der Waals surface area contributed by atoms with Crippen LogP contribution in [0.25, 0.3) is 22.3 Å². The van der Waals surface area contributed by atoms with Crippen molar-refractivity contribution in [3.05, 3.63) is 52.2 Å². The van der Waals surface area contributed by atoms with E-state index in [1.54, 1.807) is 0 Å². The zero-order valence-electron chi connectivity index (χ0n) is 27.4. The minimum absolute atomic E-state index is 0.128. The lowest BCUT2D eigenvalue weighted by molar-refractivity contribution is -0.342. The van der Waals surface area contributed by atoms with Crippen LogP contribution in [0.4, 0.5) is 0 Å². The summed E-state index contributed by atoms with van der Waals surface area (Å²) in [4.78, 5) is 13.6. The van der Waals surface area contributed by atoms with Gasteiger partial charge in [-0.05, 0) is 24.3 Å². The van der Waals surface area contributed by atoms with Gasteiger partial charge in [-0.15, -0.1) is 0 Å². The van der Waals surface area contributed by atoms with E-state index >= 15 is 0 Å². The standard InChI is InChI=1S/C33H40O20/c34-7-16-23(42)26(45)31(53-33-28(47)25(44)22(41)18(9-36)52-33)30(49-16)20-15(50-32-27(46)24(43)21(40)17(8-35)51-32)6-13(39)19-12(38)5-14(48-29(19)20)10-1-3-11(37)4-2-10/h1-6,16-18,21-28,30-37,39-47H,7-9H2/t16-,17-,18-,21-,22-,23-,24+,25+,26+,27-,28-,30+,31-,32-,33+/m1/s1. The summed E-state index contributed by atoms with van der Waals surface area (Å²) in [5, 5.41) is 135. The molecule has 0 aliphatic carbocycles. The predicted molar refractivity (Wildman–Crippen MR) is 171 cm³/mol. The number of phenolic OH excluding ortho intramolecular Hbond substituents is 2. The number of aliphatic hydroxyl groups excluding tert-OH is 11. The Balaban J connectivity index is 1.56. The minimum Gasteiger partial charge on any atom is -0.508 e. The van der Waals surface area contributed by atoms with E-state index < -0.39 is 145 Å². The van der Waals surface area contributed by atoms with Crippen LogP contribution in [0.15, 0.2) is 45.6 Å². The molecule has 53 heavy (non-hydrogen) atoms. The molecule has 3 saturated heterocycles. The number of aliphatic hydroxyl groups is 11. The van der Waals surface area contributed by atoms with Crippen LogP contribution in [0.5, 0.6) is 17.2 Å². The van der Waals surface area contributed by atoms with Crippen LogP contribution in [0, 0.1) is 0 Å². The topological polar surface area (TPSA) is 339 Å². The van der Waals surface area contributed by atoms with Crippen molar-refractivity contribution in [1.29, 1.82) is 0 Å². The van der Waals surface area contributed by atoms with Gasteiger partial charge >= 0.3 is 0 Å². The van der Waals surface area contributed by atoms with Crippen LogP contribution >= 0.6 is 0 Å². The molecule has 0 amide bonds. The van der Waals surface area contributed by atoms with Crippen molar-refractivity contribution < 1.29 is 94.5 Å². The third-order valence-electron chi connectivity index (χ3n) is 9.52. The van der Waals surface area contributed by atoms with E-state index in [1.807, 2.05) is 0 Å². The molecule has 0 bridgehead atoms. The molecule has 0 radical (unpaired) electrons. The maximum Gasteiger partial charge on any atom is 0.229 e. The van der Waals surface area contributed by atoms with Gasteiger partial charge in [0.15, 0.2) is 17.3 Å². The quantitative estimate of drug-likeness (QED) is 0.0976. The zero-order valence-corrected chi connectivity index (χ0v) is 27.4. The molecule has 3 aliphatic heterocycles. The third kappa shape index (κ3) is 7.21. The normalized spacial score (nSPS) is 37.8. The van der Waals surface area contributed by atoms with E-state index in [4.69, 9.17) is 28.1 Å². The summed E-state index contributed by atoms with van der Waals surface area (Å²) < 4.78 is 34.9. The summed E-state index contributed by atoms with van der Waals surface area (Å²) in [5.41, 5.74) is -1.59. The second-order valence-corrected chi connectivity index (χ2v) is 12.9. The highest BCUT2D eigenvalue weighted by Crippen LogP contribution is 2.46. The van der Waals surface area contributed by atoms with Crippen LogP contribution in [-0.4, -0.2) is 172 Å². The zero-order chi connectivity index (χ0) is 38.5. The molecule has 6 rings (SSSR count). The second kappa shape index (κ2) is 15.7. The SMILES string of the molecule is O=c1cc(-c2ccc(O)cc2)oc2c([C@@H]3O[C@H](CO)[C@@H](O)[C@H](O)[C@H]3O[C@@H]3O[C@H](CO)[C@@H](O)[C@H](O)[C@H]3O)c(O[C@@H]3O[C@H](CO)[C@@H](O)[C@H](O)[C@H]3O)cc(O)c12. The van der Waals surface area contributed by atoms with Gasteiger partial charge in [0.2, 0.25) is 6.29 Å². The monoisotopic (exact) mass is 756 g/mol. The molecule has 0 spiro atoms. The molecular weight excluding hydrogens is 716 g/mol. The van der Waals surface area contributed by atoms with E-state index in [-0.39, 0.29) is 17.1 Å². The molecule has 292 valence electrons. The first-order valence-electron chi connectivity index (χ1n) is 16.4. The fraction of sp³-hybridized carbons (Fsp3) is 0.545. The maximum atomic E-state index is 13.6. The Morgan fingerprint density at radius 1 is 0.623 bits per heavy atom. The summed E-state index contributed by atoms with van der Waals surface area (Å²) >= 11 is 0. The Kier molecular flexibility index (Phi) is 11.6. The number of hydrogen-bond acceptors (Lipinski definition) is 20. The maximum absolute atomic E-state index is 13.6. The van der Waals surface area contributed by atoms with Gasteiger partial charge < -0.3 is 94.5 Å². The molecule has 3 fully saturated rings. The van der Waals surface area contributed by atoms with Gasteiger partial charge in [0.25, 0.3) is 0 Å². The molecule has 2 aromatic carbocycles. The smallest absolute Gasteiger partial charge is 0.229 e. The van der Waals surface area contributed by atoms with Crippen molar-refractivity contribution in [3.8, 4) is 28.6 Å². The largest absolute Gasteiger partial charge is 0.508 e. The number of ether oxygens (including phenoxy) is 5. The van der Waals surface area contributed by atoms with Crippen LogP contribution in [0.2, 0.25) is 0 Å². The lowest BCUT2D eigenvalue weighted by Gasteiger charge is -2.46. The number of benzene rings is 2. The van der Waals surface area contributed by atoms with Crippen molar-refractivity contribution in [2.75, 3.05) is 19.8 Å². The highest BCUT2D eigenvalue weighted by Gasteiger charge is 2.53. The first-order chi connectivity index (χ1) is 25.2. The molecule has 4 heterocycles. The van der Waals surface area contributed by atoms with Crippen LogP contribution in [0.1, 0.15) is 11.7 Å². The van der Waals surface area contributed by atoms with Gasteiger partial charge in [0.1, 0.15) is 108 Å². The molecule has 0 saturated carbocycles. The van der Waals surface area contributed by atoms with E-state index in [0.29, 0.717) is 0 Å². The Labute approximate surface area is 298 Å². The molecule has 15 atom stereocenters. The van der Waals surface area contributed by atoms with Gasteiger partial charge in [0.05, 0.1) is 25.4 Å². The van der Waals surface area contributed by atoms with Gasteiger partial charge in [-0.25, -0.2) is 0 Å². The molecule has 0 unspecified atom stereocenters. The molecule has 20 heteroatoms. The highest BCUT2D eigenvalue weighted by molar-refractivity contribution is 5.89. The van der Waals surface area contributed by atoms with E-state index in [9.17, 15) is 71.2 Å². The van der Waals surface area contributed by atoms with E-state index in [2.05, 4.69) is 0 Å². The van der Waals surface area contributed by atoms with Crippen molar-refractivity contribution in [1.82, 2.24) is 0 Å². The number of aromatic hydroxyl groups is 2. The van der Waals surface area contributed by atoms with Crippen molar-refractivity contribution >= 4 is 11.0 Å². The Morgan fingerprint density at radius 2 is 1.15 bits per heavy atom. The lowest BCUT2D eigenvalue weighted by Crippen LogP contribution is -2.62.